The molecule has 1 aliphatic rings. The molecule has 1 aromatic carbocycles. The van der Waals surface area contributed by atoms with Crippen molar-refractivity contribution in [2.45, 2.75) is 31.3 Å². The van der Waals surface area contributed by atoms with Crippen LogP contribution in [0.25, 0.3) is 0 Å². The molecule has 1 aliphatic heterocycles. The second kappa shape index (κ2) is 9.71. The van der Waals surface area contributed by atoms with Gasteiger partial charge in [0.05, 0.1) is 31.2 Å². The molecule has 2 atom stereocenters. The van der Waals surface area contributed by atoms with Crippen LogP contribution in [0.2, 0.25) is 0 Å². The Kier molecular flexibility index (Phi) is 7.30. The lowest BCUT2D eigenvalue weighted by Gasteiger charge is -2.21. The van der Waals surface area contributed by atoms with Gasteiger partial charge in [-0.05, 0) is 24.5 Å². The summed E-state index contributed by atoms with van der Waals surface area (Å²) in [5, 5.41) is 19.4. The first kappa shape index (κ1) is 21.1. The van der Waals surface area contributed by atoms with Crippen LogP contribution in [-0.4, -0.2) is 50.5 Å². The number of benzene rings is 1. The van der Waals surface area contributed by atoms with Crippen molar-refractivity contribution in [3.63, 3.8) is 0 Å². The molecule has 0 radical (unpaired) electrons. The van der Waals surface area contributed by atoms with Crippen LogP contribution >= 0.6 is 23.5 Å². The van der Waals surface area contributed by atoms with E-state index in [4.69, 9.17) is 14.9 Å². The number of ether oxygens (including phenoxy) is 2. The van der Waals surface area contributed by atoms with Crippen molar-refractivity contribution in [1.29, 1.82) is 5.41 Å². The van der Waals surface area contributed by atoms with Gasteiger partial charge in [-0.2, -0.15) is 0 Å². The molecule has 2 heterocycles. The Morgan fingerprint density at radius 3 is 2.89 bits per heavy atom. The van der Waals surface area contributed by atoms with Gasteiger partial charge < -0.3 is 19.6 Å². The first-order valence-electron chi connectivity index (χ1n) is 8.87. The fourth-order valence-electron chi connectivity index (χ4n) is 2.91. The van der Waals surface area contributed by atoms with Gasteiger partial charge in [-0.3, -0.25) is 5.41 Å². The van der Waals surface area contributed by atoms with Crippen molar-refractivity contribution in [1.82, 2.24) is 9.97 Å². The molecule has 0 spiro atoms. The van der Waals surface area contributed by atoms with Crippen LogP contribution in [0.15, 0.2) is 41.5 Å². The van der Waals surface area contributed by atoms with Crippen LogP contribution in [0.1, 0.15) is 29.9 Å². The number of rotatable bonds is 6. The lowest BCUT2D eigenvalue weighted by Crippen LogP contribution is -2.28. The van der Waals surface area contributed by atoms with Crippen molar-refractivity contribution in [2.24, 2.45) is 4.99 Å². The van der Waals surface area contributed by atoms with Gasteiger partial charge in [0.2, 0.25) is 5.79 Å². The van der Waals surface area contributed by atoms with E-state index < -0.39 is 5.79 Å². The standard InChI is InChI=1S/C19H24N4O3S2/c1-27-17(23-18(20)28-2)16-21-10-15(22-16)19(24)9-8-14(26-19)12-25-11-13-6-4-3-5-7-13/h3-7,10,14,20,24H,8-9,11-12H2,1-2H3,(H,21,22). The van der Waals surface area contributed by atoms with Crippen molar-refractivity contribution >= 4 is 33.7 Å². The minimum absolute atomic E-state index is 0.182. The summed E-state index contributed by atoms with van der Waals surface area (Å²) in [6.45, 7) is 0.933. The fraction of sp³-hybridized carbons (Fsp3) is 0.421. The molecule has 28 heavy (non-hydrogen) atoms. The maximum Gasteiger partial charge on any atom is 0.209 e. The number of H-pyrrole nitrogens is 1. The maximum absolute atomic E-state index is 10.9. The third kappa shape index (κ3) is 5.24. The number of nitrogens with one attached hydrogen (secondary N) is 2. The molecule has 9 heteroatoms. The molecule has 2 aromatic rings. The predicted octanol–water partition coefficient (Wildman–Crippen LogP) is 3.36. The molecule has 2 unspecified atom stereocenters. The van der Waals surface area contributed by atoms with Gasteiger partial charge in [-0.15, -0.1) is 11.8 Å². The quantitative estimate of drug-likeness (QED) is 0.489. The monoisotopic (exact) mass is 420 g/mol. The number of aromatic amines is 1. The molecule has 1 aromatic heterocycles. The van der Waals surface area contributed by atoms with Crippen molar-refractivity contribution in [2.75, 3.05) is 19.1 Å². The first-order chi connectivity index (χ1) is 13.5. The number of aliphatic hydroxyl groups is 1. The zero-order valence-corrected chi connectivity index (χ0v) is 17.5. The van der Waals surface area contributed by atoms with Crippen molar-refractivity contribution in [3.05, 3.63) is 53.6 Å². The summed E-state index contributed by atoms with van der Waals surface area (Å²) in [5.41, 5.74) is 1.60. The van der Waals surface area contributed by atoms with E-state index in [0.717, 1.165) is 5.56 Å². The summed E-state index contributed by atoms with van der Waals surface area (Å²) in [5.74, 6) is -0.898. The molecule has 150 valence electrons. The highest BCUT2D eigenvalue weighted by molar-refractivity contribution is 8.15. The van der Waals surface area contributed by atoms with Gasteiger partial charge >= 0.3 is 0 Å². The number of nitrogens with zero attached hydrogens (tertiary/aromatic N) is 2. The van der Waals surface area contributed by atoms with Crippen LogP contribution in [0.5, 0.6) is 0 Å². The molecular weight excluding hydrogens is 396 g/mol. The smallest absolute Gasteiger partial charge is 0.209 e. The normalized spacial score (nSPS) is 22.5. The highest BCUT2D eigenvalue weighted by Crippen LogP contribution is 2.36. The molecule has 0 aliphatic carbocycles. The Bertz CT molecular complexity index is 828. The summed E-state index contributed by atoms with van der Waals surface area (Å²) in [4.78, 5) is 11.6. The average molecular weight is 421 g/mol. The molecule has 0 amide bonds. The lowest BCUT2D eigenvalue weighted by atomic mass is 10.1. The molecule has 3 rings (SSSR count). The Morgan fingerprint density at radius 1 is 1.39 bits per heavy atom. The van der Waals surface area contributed by atoms with Crippen LogP contribution in [-0.2, 0) is 21.9 Å². The number of aliphatic imine (C=N–C) groups is 1. The molecule has 0 saturated carbocycles. The van der Waals surface area contributed by atoms with E-state index in [2.05, 4.69) is 15.0 Å². The molecule has 1 fully saturated rings. The number of aromatic nitrogens is 2. The van der Waals surface area contributed by atoms with E-state index in [9.17, 15) is 5.11 Å². The van der Waals surface area contributed by atoms with Gasteiger partial charge in [0.25, 0.3) is 0 Å². The summed E-state index contributed by atoms with van der Waals surface area (Å²) >= 11 is 2.64. The summed E-state index contributed by atoms with van der Waals surface area (Å²) in [6, 6.07) is 9.96. The van der Waals surface area contributed by atoms with Crippen LogP contribution in [0, 0.1) is 5.41 Å². The number of hydrogen-bond acceptors (Lipinski definition) is 7. The van der Waals surface area contributed by atoms with Crippen molar-refractivity contribution < 1.29 is 14.6 Å². The topological polar surface area (TPSA) is 104 Å². The molecular formula is C19H24N4O3S2. The Balaban J connectivity index is 1.59. The number of hydrogen-bond donors (Lipinski definition) is 3. The second-order valence-electron chi connectivity index (χ2n) is 6.34. The van der Waals surface area contributed by atoms with Crippen LogP contribution < -0.4 is 0 Å². The minimum atomic E-state index is -1.41. The Hall–Kier alpha value is -1.65. The largest absolute Gasteiger partial charge is 0.374 e. The molecule has 1 saturated heterocycles. The maximum atomic E-state index is 10.9. The Morgan fingerprint density at radius 2 is 2.18 bits per heavy atom. The van der Waals surface area contributed by atoms with E-state index in [1.54, 1.807) is 12.5 Å². The van der Waals surface area contributed by atoms with Gasteiger partial charge in [-0.25, -0.2) is 9.98 Å². The summed E-state index contributed by atoms with van der Waals surface area (Å²) < 4.78 is 11.6. The SMILES string of the molecule is CSC(=N)N=C(SC)c1ncc(C2(O)CCC(COCc3ccccc3)O2)[nH]1. The zero-order chi connectivity index (χ0) is 20.0. The van der Waals surface area contributed by atoms with E-state index in [0.29, 0.717) is 42.6 Å². The number of imidazole rings is 1. The Labute approximate surface area is 172 Å². The van der Waals surface area contributed by atoms with E-state index >= 15 is 0 Å². The number of amidine groups is 1. The summed E-state index contributed by atoms with van der Waals surface area (Å²) in [6.07, 6.45) is 6.21. The highest BCUT2D eigenvalue weighted by Gasteiger charge is 2.41. The minimum Gasteiger partial charge on any atom is -0.374 e. The van der Waals surface area contributed by atoms with Gasteiger partial charge in [0.15, 0.2) is 11.0 Å². The third-order valence-corrected chi connectivity index (χ3v) is 5.52. The predicted molar refractivity (Wildman–Crippen MR) is 114 cm³/mol. The molecule has 3 N–H and O–H groups in total. The van der Waals surface area contributed by atoms with E-state index in [1.807, 2.05) is 36.6 Å². The molecule has 0 bridgehead atoms. The van der Waals surface area contributed by atoms with Gasteiger partial charge in [0.1, 0.15) is 5.04 Å². The first-order valence-corrected chi connectivity index (χ1v) is 11.3. The summed E-state index contributed by atoms with van der Waals surface area (Å²) in [7, 11) is 0. The number of thioether (sulfide) groups is 2. The van der Waals surface area contributed by atoms with Crippen LogP contribution in [0.3, 0.4) is 0 Å². The third-order valence-electron chi connectivity index (χ3n) is 4.37. The molecule has 7 nitrogen and oxygen atoms in total. The lowest BCUT2D eigenvalue weighted by molar-refractivity contribution is -0.210. The zero-order valence-electron chi connectivity index (χ0n) is 15.8. The fourth-order valence-corrected chi connectivity index (χ4v) is 3.63. The average Bonchev–Trinajstić information content (AvgIpc) is 3.35. The highest BCUT2D eigenvalue weighted by atomic mass is 32.2. The van der Waals surface area contributed by atoms with Gasteiger partial charge in [0, 0.05) is 6.42 Å². The second-order valence-corrected chi connectivity index (χ2v) is 7.93. The van der Waals surface area contributed by atoms with Crippen LogP contribution in [0.4, 0.5) is 0 Å². The van der Waals surface area contributed by atoms with Crippen molar-refractivity contribution in [3.8, 4) is 0 Å². The van der Waals surface area contributed by atoms with E-state index in [1.165, 1.54) is 23.5 Å². The van der Waals surface area contributed by atoms with Gasteiger partial charge in [-0.1, -0.05) is 42.1 Å². The van der Waals surface area contributed by atoms with E-state index in [-0.39, 0.29) is 11.3 Å².